The molecule has 0 radical (unpaired) electrons. The molecule has 2 aromatic rings. The van der Waals surface area contributed by atoms with Gasteiger partial charge in [0.15, 0.2) is 0 Å². The molecule has 19 heavy (non-hydrogen) atoms. The van der Waals surface area contributed by atoms with Crippen molar-refractivity contribution in [3.63, 3.8) is 0 Å². The molecular weight excluding hydrogens is 240 g/mol. The van der Waals surface area contributed by atoms with Crippen LogP contribution < -0.4 is 4.74 Å². The second kappa shape index (κ2) is 4.91. The van der Waals surface area contributed by atoms with E-state index >= 15 is 0 Å². The second-order valence-electron chi connectivity index (χ2n) is 4.95. The Labute approximate surface area is 112 Å². The number of fused-ring (bicyclic) bond motifs is 1. The SMILES string of the molecule is CC(=N)N1CCC(Oc2nc3ccccc3[nH]2)CC1. The highest BCUT2D eigenvalue weighted by Gasteiger charge is 2.21. The molecular formula is C14H18N4O. The molecule has 5 heteroatoms. The van der Waals surface area contributed by atoms with Crippen LogP contribution in [0, 0.1) is 5.41 Å². The molecule has 0 spiro atoms. The summed E-state index contributed by atoms with van der Waals surface area (Å²) in [5.41, 5.74) is 1.94. The van der Waals surface area contributed by atoms with E-state index in [2.05, 4.69) is 14.9 Å². The monoisotopic (exact) mass is 258 g/mol. The summed E-state index contributed by atoms with van der Waals surface area (Å²) in [6.07, 6.45) is 2.07. The third kappa shape index (κ3) is 2.54. The quantitative estimate of drug-likeness (QED) is 0.642. The lowest BCUT2D eigenvalue weighted by Gasteiger charge is -2.32. The number of benzene rings is 1. The lowest BCUT2D eigenvalue weighted by molar-refractivity contribution is 0.121. The van der Waals surface area contributed by atoms with Crippen LogP contribution in [-0.4, -0.2) is 39.9 Å². The van der Waals surface area contributed by atoms with E-state index in [1.807, 2.05) is 31.2 Å². The van der Waals surface area contributed by atoms with E-state index < -0.39 is 0 Å². The van der Waals surface area contributed by atoms with Crippen molar-refractivity contribution >= 4 is 16.9 Å². The standard InChI is InChI=1S/C14H18N4O/c1-10(15)18-8-6-11(7-9-18)19-14-16-12-4-2-3-5-13(12)17-14/h2-5,11,15H,6-9H2,1H3,(H,16,17). The van der Waals surface area contributed by atoms with E-state index in [1.165, 1.54) is 0 Å². The fraction of sp³-hybridized carbons (Fsp3) is 0.429. The van der Waals surface area contributed by atoms with Gasteiger partial charge in [0.2, 0.25) is 0 Å². The fourth-order valence-electron chi connectivity index (χ4n) is 2.45. The molecule has 1 aromatic carbocycles. The number of piperidine rings is 1. The van der Waals surface area contributed by atoms with Crippen LogP contribution in [0.2, 0.25) is 0 Å². The van der Waals surface area contributed by atoms with Gasteiger partial charge in [-0.05, 0) is 19.1 Å². The number of H-pyrrole nitrogens is 1. The number of nitrogens with one attached hydrogen (secondary N) is 2. The van der Waals surface area contributed by atoms with E-state index in [-0.39, 0.29) is 6.10 Å². The predicted octanol–water partition coefficient (Wildman–Crippen LogP) is 2.40. The number of hydrogen-bond acceptors (Lipinski definition) is 3. The van der Waals surface area contributed by atoms with Crippen LogP contribution >= 0.6 is 0 Å². The Kier molecular flexibility index (Phi) is 3.11. The number of imidazole rings is 1. The van der Waals surface area contributed by atoms with E-state index in [4.69, 9.17) is 10.1 Å². The van der Waals surface area contributed by atoms with E-state index in [0.29, 0.717) is 11.8 Å². The second-order valence-corrected chi connectivity index (χ2v) is 4.95. The average molecular weight is 258 g/mol. The Hall–Kier alpha value is -2.04. The van der Waals surface area contributed by atoms with Gasteiger partial charge in [0.05, 0.1) is 16.9 Å². The molecule has 1 saturated heterocycles. The maximum Gasteiger partial charge on any atom is 0.294 e. The minimum absolute atomic E-state index is 0.191. The van der Waals surface area contributed by atoms with Gasteiger partial charge in [-0.2, -0.15) is 4.98 Å². The number of aromatic nitrogens is 2. The lowest BCUT2D eigenvalue weighted by Crippen LogP contribution is -2.40. The highest BCUT2D eigenvalue weighted by atomic mass is 16.5. The van der Waals surface area contributed by atoms with Crippen molar-refractivity contribution in [3.8, 4) is 6.01 Å². The van der Waals surface area contributed by atoms with Gasteiger partial charge in [-0.1, -0.05) is 12.1 Å². The van der Waals surface area contributed by atoms with Crippen molar-refractivity contribution in [1.29, 1.82) is 5.41 Å². The first-order chi connectivity index (χ1) is 9.22. The van der Waals surface area contributed by atoms with Crippen molar-refractivity contribution in [3.05, 3.63) is 24.3 Å². The summed E-state index contributed by atoms with van der Waals surface area (Å²) in [5, 5.41) is 7.62. The lowest BCUT2D eigenvalue weighted by atomic mass is 10.1. The number of ether oxygens (including phenoxy) is 1. The van der Waals surface area contributed by atoms with Gasteiger partial charge in [0.1, 0.15) is 6.10 Å². The van der Waals surface area contributed by atoms with Crippen LogP contribution in [0.25, 0.3) is 11.0 Å². The fourth-order valence-corrected chi connectivity index (χ4v) is 2.45. The summed E-state index contributed by atoms with van der Waals surface area (Å²) in [5.74, 6) is 0.641. The number of likely N-dealkylation sites (tertiary alicyclic amines) is 1. The normalized spacial score (nSPS) is 16.8. The molecule has 0 unspecified atom stereocenters. The maximum atomic E-state index is 7.62. The zero-order valence-electron chi connectivity index (χ0n) is 11.0. The van der Waals surface area contributed by atoms with Crippen molar-refractivity contribution in [2.45, 2.75) is 25.9 Å². The summed E-state index contributed by atoms with van der Waals surface area (Å²) in [4.78, 5) is 9.70. The largest absolute Gasteiger partial charge is 0.461 e. The minimum atomic E-state index is 0.191. The highest BCUT2D eigenvalue weighted by molar-refractivity contribution is 5.76. The zero-order valence-corrected chi connectivity index (χ0v) is 11.0. The van der Waals surface area contributed by atoms with E-state index in [0.717, 1.165) is 37.0 Å². The average Bonchev–Trinajstić information content (AvgIpc) is 2.81. The van der Waals surface area contributed by atoms with Crippen LogP contribution in [0.15, 0.2) is 24.3 Å². The molecule has 2 heterocycles. The Morgan fingerprint density at radius 2 is 2.11 bits per heavy atom. The molecule has 0 amide bonds. The minimum Gasteiger partial charge on any atom is -0.461 e. The number of rotatable bonds is 2. The van der Waals surface area contributed by atoms with Crippen molar-refractivity contribution in [2.24, 2.45) is 0 Å². The van der Waals surface area contributed by atoms with E-state index in [1.54, 1.807) is 0 Å². The summed E-state index contributed by atoms with van der Waals surface area (Å²) >= 11 is 0. The first kappa shape index (κ1) is 12.0. The van der Waals surface area contributed by atoms with Crippen LogP contribution in [0.3, 0.4) is 0 Å². The highest BCUT2D eigenvalue weighted by Crippen LogP contribution is 2.20. The Bertz CT molecular complexity index is 551. The third-order valence-electron chi connectivity index (χ3n) is 3.56. The van der Waals surface area contributed by atoms with Gasteiger partial charge in [0, 0.05) is 25.9 Å². The number of amidine groups is 1. The summed E-state index contributed by atoms with van der Waals surface area (Å²) < 4.78 is 5.90. The molecule has 1 aromatic heterocycles. The molecule has 100 valence electrons. The predicted molar refractivity (Wildman–Crippen MR) is 74.7 cm³/mol. The molecule has 0 atom stereocenters. The Morgan fingerprint density at radius 3 is 2.79 bits per heavy atom. The van der Waals surface area contributed by atoms with Gasteiger partial charge in [-0.25, -0.2) is 0 Å². The molecule has 1 aliphatic heterocycles. The first-order valence-electron chi connectivity index (χ1n) is 6.64. The van der Waals surface area contributed by atoms with Crippen molar-refractivity contribution in [2.75, 3.05) is 13.1 Å². The van der Waals surface area contributed by atoms with Gasteiger partial charge in [-0.3, -0.25) is 5.41 Å². The zero-order chi connectivity index (χ0) is 13.2. The number of nitrogens with zero attached hydrogens (tertiary/aromatic N) is 2. The number of hydrogen-bond donors (Lipinski definition) is 2. The van der Waals surface area contributed by atoms with Crippen molar-refractivity contribution < 1.29 is 4.74 Å². The summed E-state index contributed by atoms with van der Waals surface area (Å²) in [7, 11) is 0. The van der Waals surface area contributed by atoms with Gasteiger partial charge >= 0.3 is 0 Å². The Morgan fingerprint density at radius 1 is 1.37 bits per heavy atom. The molecule has 1 fully saturated rings. The molecule has 1 aliphatic rings. The molecule has 0 aliphatic carbocycles. The van der Waals surface area contributed by atoms with Crippen molar-refractivity contribution in [1.82, 2.24) is 14.9 Å². The van der Waals surface area contributed by atoms with Gasteiger partial charge < -0.3 is 14.6 Å². The molecule has 0 bridgehead atoms. The number of aromatic amines is 1. The van der Waals surface area contributed by atoms with Crippen LogP contribution in [0.4, 0.5) is 0 Å². The van der Waals surface area contributed by atoms with Crippen LogP contribution in [0.1, 0.15) is 19.8 Å². The summed E-state index contributed by atoms with van der Waals surface area (Å²) in [6.45, 7) is 3.61. The van der Waals surface area contributed by atoms with Crippen LogP contribution in [0.5, 0.6) is 6.01 Å². The third-order valence-corrected chi connectivity index (χ3v) is 3.56. The van der Waals surface area contributed by atoms with Crippen LogP contribution in [-0.2, 0) is 0 Å². The first-order valence-corrected chi connectivity index (χ1v) is 6.64. The molecule has 0 saturated carbocycles. The molecule has 5 nitrogen and oxygen atoms in total. The maximum absolute atomic E-state index is 7.62. The smallest absolute Gasteiger partial charge is 0.294 e. The molecule has 2 N–H and O–H groups in total. The topological polar surface area (TPSA) is 65.0 Å². The number of para-hydroxylation sites is 2. The summed E-state index contributed by atoms with van der Waals surface area (Å²) in [6, 6.07) is 8.52. The Balaban J connectivity index is 1.64. The van der Waals surface area contributed by atoms with Gasteiger partial charge in [0.25, 0.3) is 6.01 Å². The van der Waals surface area contributed by atoms with Gasteiger partial charge in [-0.15, -0.1) is 0 Å². The van der Waals surface area contributed by atoms with E-state index in [9.17, 15) is 0 Å². The molecule has 3 rings (SSSR count).